The second-order valence-corrected chi connectivity index (χ2v) is 6.80. The summed E-state index contributed by atoms with van der Waals surface area (Å²) >= 11 is 7.33. The fraction of sp³-hybridized carbons (Fsp3) is 0.105. The van der Waals surface area contributed by atoms with Crippen LogP contribution in [0.15, 0.2) is 59.8 Å². The number of nitrogens with zero attached hydrogens (tertiary/aromatic N) is 2. The Morgan fingerprint density at radius 1 is 1.12 bits per heavy atom. The van der Waals surface area contributed by atoms with Gasteiger partial charge in [-0.25, -0.2) is 9.78 Å². The molecule has 0 bridgehead atoms. The Bertz CT molecular complexity index is 918. The Kier molecular flexibility index (Phi) is 5.26. The van der Waals surface area contributed by atoms with Gasteiger partial charge in [-0.15, -0.1) is 11.3 Å². The van der Waals surface area contributed by atoms with Gasteiger partial charge in [-0.2, -0.15) is 0 Å². The van der Waals surface area contributed by atoms with E-state index in [2.05, 4.69) is 10.1 Å². The van der Waals surface area contributed by atoms with Gasteiger partial charge in [0.25, 0.3) is 0 Å². The van der Waals surface area contributed by atoms with E-state index in [0.29, 0.717) is 16.3 Å². The van der Waals surface area contributed by atoms with Crippen LogP contribution in [-0.2, 0) is 4.84 Å². The minimum absolute atomic E-state index is 0.395. The van der Waals surface area contributed by atoms with Crippen LogP contribution in [0, 0.1) is 6.92 Å². The van der Waals surface area contributed by atoms with E-state index >= 15 is 0 Å². The quantitative estimate of drug-likeness (QED) is 0.353. The summed E-state index contributed by atoms with van der Waals surface area (Å²) in [7, 11) is 0. The average Bonchev–Trinajstić information content (AvgIpc) is 3.02. The predicted octanol–water partition coefficient (Wildman–Crippen LogP) is 5.35. The van der Waals surface area contributed by atoms with Crippen molar-refractivity contribution >= 4 is 34.6 Å². The number of thiazole rings is 1. The molecule has 1 heterocycles. The smallest absolute Gasteiger partial charge is 0.313 e. The summed E-state index contributed by atoms with van der Waals surface area (Å²) in [6, 6.07) is 16.4. The van der Waals surface area contributed by atoms with Crippen LogP contribution in [0.4, 0.5) is 0 Å². The maximum absolute atomic E-state index is 12.0. The van der Waals surface area contributed by atoms with E-state index in [-0.39, 0.29) is 0 Å². The summed E-state index contributed by atoms with van der Waals surface area (Å²) < 4.78 is 0. The lowest BCUT2D eigenvalue weighted by Gasteiger charge is -2.00. The molecule has 0 saturated heterocycles. The lowest BCUT2D eigenvalue weighted by atomic mass is 10.2. The normalized spacial score (nSPS) is 11.4. The van der Waals surface area contributed by atoms with Gasteiger partial charge < -0.3 is 4.84 Å². The van der Waals surface area contributed by atoms with Crippen molar-refractivity contribution in [3.8, 4) is 10.6 Å². The monoisotopic (exact) mass is 370 g/mol. The number of aromatic nitrogens is 1. The number of rotatable bonds is 4. The number of hydrogen-bond donors (Lipinski definition) is 0. The minimum atomic E-state index is -0.526. The highest BCUT2D eigenvalue weighted by Gasteiger charge is 2.13. The molecular weight excluding hydrogens is 356 g/mol. The fourth-order valence-corrected chi connectivity index (χ4v) is 3.36. The van der Waals surface area contributed by atoms with Crippen molar-refractivity contribution in [1.29, 1.82) is 0 Å². The van der Waals surface area contributed by atoms with Crippen LogP contribution >= 0.6 is 22.9 Å². The molecule has 0 unspecified atom stereocenters. The molecule has 1 aromatic heterocycles. The first-order valence-electron chi connectivity index (χ1n) is 7.59. The highest BCUT2D eigenvalue weighted by Crippen LogP contribution is 2.28. The van der Waals surface area contributed by atoms with Crippen LogP contribution in [0.5, 0.6) is 0 Å². The zero-order valence-electron chi connectivity index (χ0n) is 13.7. The average molecular weight is 371 g/mol. The van der Waals surface area contributed by atoms with Gasteiger partial charge in [-0.05, 0) is 38.1 Å². The van der Waals surface area contributed by atoms with Crippen LogP contribution < -0.4 is 0 Å². The van der Waals surface area contributed by atoms with Gasteiger partial charge >= 0.3 is 5.97 Å². The Labute approximate surface area is 154 Å². The molecular formula is C19H15ClN2O2S. The van der Waals surface area contributed by atoms with Crippen molar-refractivity contribution < 1.29 is 9.63 Å². The number of hydrogen-bond acceptors (Lipinski definition) is 5. The Hall–Kier alpha value is -2.50. The van der Waals surface area contributed by atoms with E-state index in [9.17, 15) is 4.79 Å². The van der Waals surface area contributed by atoms with E-state index < -0.39 is 5.97 Å². The number of benzene rings is 2. The third kappa shape index (κ3) is 4.13. The molecule has 0 aliphatic heterocycles. The van der Waals surface area contributed by atoms with E-state index in [1.54, 1.807) is 31.2 Å². The molecule has 0 saturated carbocycles. The van der Waals surface area contributed by atoms with E-state index in [4.69, 9.17) is 16.4 Å². The van der Waals surface area contributed by atoms with Crippen LogP contribution in [0.1, 0.15) is 27.9 Å². The number of carbonyl (C=O) groups is 1. The second kappa shape index (κ2) is 7.59. The van der Waals surface area contributed by atoms with Gasteiger partial charge in [0.1, 0.15) is 5.01 Å². The predicted molar refractivity (Wildman–Crippen MR) is 101 cm³/mol. The molecule has 0 spiro atoms. The van der Waals surface area contributed by atoms with Crippen molar-refractivity contribution in [2.45, 2.75) is 13.8 Å². The maximum atomic E-state index is 12.0. The SMILES string of the molecule is C/C(=N/OC(=O)c1ccc(Cl)cc1)c1sc(-c2ccccc2)nc1C. The van der Waals surface area contributed by atoms with Crippen molar-refractivity contribution in [1.82, 2.24) is 4.98 Å². The zero-order valence-corrected chi connectivity index (χ0v) is 15.3. The van der Waals surface area contributed by atoms with Crippen LogP contribution in [0.2, 0.25) is 5.02 Å². The molecule has 25 heavy (non-hydrogen) atoms. The summed E-state index contributed by atoms with van der Waals surface area (Å²) in [5.41, 5.74) is 2.91. The van der Waals surface area contributed by atoms with Gasteiger partial charge in [0.2, 0.25) is 0 Å². The van der Waals surface area contributed by atoms with Gasteiger partial charge in [-0.1, -0.05) is 47.1 Å². The molecule has 0 radical (unpaired) electrons. The maximum Gasteiger partial charge on any atom is 0.365 e. The standard InChI is InChI=1S/C19H15ClN2O2S/c1-12-17(25-18(21-12)14-6-4-3-5-7-14)13(2)22-24-19(23)15-8-10-16(20)11-9-15/h3-11H,1-2H3/b22-13-. The summed E-state index contributed by atoms with van der Waals surface area (Å²) in [6.07, 6.45) is 0. The van der Waals surface area contributed by atoms with E-state index in [0.717, 1.165) is 21.1 Å². The first-order chi connectivity index (χ1) is 12.0. The summed E-state index contributed by atoms with van der Waals surface area (Å²) in [5, 5.41) is 5.43. The van der Waals surface area contributed by atoms with Crippen LogP contribution in [-0.4, -0.2) is 16.7 Å². The Morgan fingerprint density at radius 3 is 2.48 bits per heavy atom. The number of halogens is 1. The van der Waals surface area contributed by atoms with Gasteiger partial charge in [0.15, 0.2) is 0 Å². The van der Waals surface area contributed by atoms with Gasteiger partial charge in [-0.3, -0.25) is 0 Å². The number of carbonyl (C=O) groups excluding carboxylic acids is 1. The van der Waals surface area contributed by atoms with Crippen molar-refractivity contribution in [2.75, 3.05) is 0 Å². The first kappa shape index (κ1) is 17.3. The molecule has 0 atom stereocenters. The Balaban J connectivity index is 1.77. The highest BCUT2D eigenvalue weighted by atomic mass is 35.5. The molecule has 0 fully saturated rings. The molecule has 0 aliphatic rings. The third-order valence-electron chi connectivity index (χ3n) is 3.49. The lowest BCUT2D eigenvalue weighted by Crippen LogP contribution is -2.03. The molecule has 3 aromatic rings. The van der Waals surface area contributed by atoms with E-state index in [1.807, 2.05) is 37.3 Å². The molecule has 0 amide bonds. The molecule has 4 nitrogen and oxygen atoms in total. The van der Waals surface area contributed by atoms with Gasteiger partial charge in [0.05, 0.1) is 21.8 Å². The topological polar surface area (TPSA) is 51.5 Å². The first-order valence-corrected chi connectivity index (χ1v) is 8.79. The molecule has 0 N–H and O–H groups in total. The van der Waals surface area contributed by atoms with Gasteiger partial charge in [0, 0.05) is 10.6 Å². The third-order valence-corrected chi connectivity index (χ3v) is 5.06. The highest BCUT2D eigenvalue weighted by molar-refractivity contribution is 7.17. The van der Waals surface area contributed by atoms with Crippen LogP contribution in [0.25, 0.3) is 10.6 Å². The van der Waals surface area contributed by atoms with Crippen molar-refractivity contribution in [2.24, 2.45) is 5.16 Å². The summed E-state index contributed by atoms with van der Waals surface area (Å²) in [5.74, 6) is -0.526. The fourth-order valence-electron chi connectivity index (χ4n) is 2.23. The van der Waals surface area contributed by atoms with E-state index in [1.165, 1.54) is 11.3 Å². The number of aryl methyl sites for hydroxylation is 1. The summed E-state index contributed by atoms with van der Waals surface area (Å²) in [4.78, 5) is 22.5. The largest absolute Gasteiger partial charge is 0.365 e. The zero-order chi connectivity index (χ0) is 17.8. The number of oxime groups is 1. The van der Waals surface area contributed by atoms with Crippen LogP contribution in [0.3, 0.4) is 0 Å². The lowest BCUT2D eigenvalue weighted by molar-refractivity contribution is 0.0516. The molecule has 126 valence electrons. The van der Waals surface area contributed by atoms with Crippen molar-refractivity contribution in [3.63, 3.8) is 0 Å². The molecule has 6 heteroatoms. The molecule has 2 aromatic carbocycles. The molecule has 3 rings (SSSR count). The minimum Gasteiger partial charge on any atom is -0.313 e. The Morgan fingerprint density at radius 2 is 1.80 bits per heavy atom. The molecule has 0 aliphatic carbocycles. The second-order valence-electron chi connectivity index (χ2n) is 5.36. The van der Waals surface area contributed by atoms with Crippen molar-refractivity contribution in [3.05, 3.63) is 75.8 Å². The summed E-state index contributed by atoms with van der Waals surface area (Å²) in [6.45, 7) is 3.71.